The summed E-state index contributed by atoms with van der Waals surface area (Å²) in [4.78, 5) is 0. The molecule has 18 heavy (non-hydrogen) atoms. The zero-order valence-corrected chi connectivity index (χ0v) is 10.4. The molecule has 4 heteroatoms. The monoisotopic (exact) mass is 251 g/mol. The molecule has 1 aromatic carbocycles. The van der Waals surface area contributed by atoms with Gasteiger partial charge in [-0.05, 0) is 36.5 Å². The smallest absolute Gasteiger partial charge is 0.123 e. The van der Waals surface area contributed by atoms with Gasteiger partial charge in [-0.1, -0.05) is 12.1 Å². The quantitative estimate of drug-likeness (QED) is 0.854. The zero-order chi connectivity index (χ0) is 12.8. The summed E-state index contributed by atoms with van der Waals surface area (Å²) in [6.45, 7) is 0.676. The standard InChI is InChI=1S/C14H18FNO2/c1-18-8-14-6-10(7-14)12(16-14)13(17)9-3-2-4-11(15)5-9/h2-5,10,12-13,16-17H,6-8H2,1H3/t10?,12-,13-,14?/m1/s1. The summed E-state index contributed by atoms with van der Waals surface area (Å²) in [5, 5.41) is 13.8. The Bertz CT molecular complexity index is 445. The minimum Gasteiger partial charge on any atom is -0.387 e. The molecule has 1 aliphatic carbocycles. The van der Waals surface area contributed by atoms with Gasteiger partial charge >= 0.3 is 0 Å². The van der Waals surface area contributed by atoms with E-state index in [9.17, 15) is 9.50 Å². The van der Waals surface area contributed by atoms with Crippen LogP contribution in [0.5, 0.6) is 0 Å². The van der Waals surface area contributed by atoms with Gasteiger partial charge in [0, 0.05) is 18.7 Å². The van der Waals surface area contributed by atoms with E-state index in [0.29, 0.717) is 18.1 Å². The highest BCUT2D eigenvalue weighted by atomic mass is 19.1. The van der Waals surface area contributed by atoms with Crippen LogP contribution in [-0.2, 0) is 4.74 Å². The first-order valence-corrected chi connectivity index (χ1v) is 6.34. The van der Waals surface area contributed by atoms with Gasteiger partial charge in [-0.25, -0.2) is 4.39 Å². The highest BCUT2D eigenvalue weighted by Gasteiger charge is 2.57. The SMILES string of the molecule is COCC12CC(C1)[C@H]([C@H](O)c1cccc(F)c1)N2. The predicted octanol–water partition coefficient (Wildman–Crippen LogP) is 1.63. The Morgan fingerprint density at radius 2 is 2.33 bits per heavy atom. The lowest BCUT2D eigenvalue weighted by atomic mass is 9.71. The van der Waals surface area contributed by atoms with Crippen LogP contribution in [0.25, 0.3) is 0 Å². The molecule has 3 aliphatic rings. The van der Waals surface area contributed by atoms with Crippen molar-refractivity contribution in [1.82, 2.24) is 5.32 Å². The fourth-order valence-corrected chi connectivity index (χ4v) is 3.46. The fraction of sp³-hybridized carbons (Fsp3) is 0.571. The number of rotatable bonds is 4. The third-order valence-corrected chi connectivity index (χ3v) is 4.24. The van der Waals surface area contributed by atoms with Gasteiger partial charge < -0.3 is 15.2 Å². The molecule has 2 heterocycles. The van der Waals surface area contributed by atoms with Crippen molar-refractivity contribution in [3.63, 3.8) is 0 Å². The number of aliphatic hydroxyl groups excluding tert-OH is 1. The fourth-order valence-electron chi connectivity index (χ4n) is 3.46. The number of nitrogens with one attached hydrogen (secondary N) is 1. The number of methoxy groups -OCH3 is 1. The van der Waals surface area contributed by atoms with Gasteiger partial charge in [-0.2, -0.15) is 0 Å². The normalized spacial score (nSPS) is 35.3. The Balaban J connectivity index is 1.74. The van der Waals surface area contributed by atoms with E-state index in [-0.39, 0.29) is 17.4 Å². The molecule has 2 aliphatic heterocycles. The summed E-state index contributed by atoms with van der Waals surface area (Å²) < 4.78 is 18.4. The molecule has 2 bridgehead atoms. The number of aliphatic hydroxyl groups is 1. The molecular formula is C14H18FNO2. The van der Waals surface area contributed by atoms with Crippen LogP contribution in [0.1, 0.15) is 24.5 Å². The summed E-state index contributed by atoms with van der Waals surface area (Å²) in [6.07, 6.45) is 1.43. The lowest BCUT2D eigenvalue weighted by molar-refractivity contribution is 0.0759. The van der Waals surface area contributed by atoms with E-state index in [1.165, 1.54) is 12.1 Å². The summed E-state index contributed by atoms with van der Waals surface area (Å²) in [5.41, 5.74) is 0.686. The molecule has 1 aromatic rings. The molecule has 1 saturated carbocycles. The van der Waals surface area contributed by atoms with Crippen molar-refractivity contribution in [3.05, 3.63) is 35.6 Å². The van der Waals surface area contributed by atoms with E-state index in [2.05, 4.69) is 5.32 Å². The zero-order valence-electron chi connectivity index (χ0n) is 10.4. The van der Waals surface area contributed by atoms with Crippen molar-refractivity contribution < 1.29 is 14.2 Å². The van der Waals surface area contributed by atoms with Crippen molar-refractivity contribution in [2.45, 2.75) is 30.5 Å². The topological polar surface area (TPSA) is 41.5 Å². The molecule has 0 amide bonds. The van der Waals surface area contributed by atoms with Gasteiger partial charge in [-0.15, -0.1) is 0 Å². The highest BCUT2D eigenvalue weighted by molar-refractivity contribution is 5.24. The van der Waals surface area contributed by atoms with E-state index in [4.69, 9.17) is 4.74 Å². The van der Waals surface area contributed by atoms with Crippen molar-refractivity contribution in [1.29, 1.82) is 0 Å². The van der Waals surface area contributed by atoms with Crippen LogP contribution >= 0.6 is 0 Å². The van der Waals surface area contributed by atoms with E-state index in [1.807, 2.05) is 0 Å². The van der Waals surface area contributed by atoms with Crippen LogP contribution in [0.3, 0.4) is 0 Å². The Hall–Kier alpha value is -0.970. The molecular weight excluding hydrogens is 233 g/mol. The van der Waals surface area contributed by atoms with Gasteiger partial charge in [0.15, 0.2) is 0 Å². The molecule has 0 radical (unpaired) electrons. The van der Waals surface area contributed by atoms with E-state index >= 15 is 0 Å². The molecule has 2 N–H and O–H groups in total. The first kappa shape index (κ1) is 12.1. The maximum Gasteiger partial charge on any atom is 0.123 e. The van der Waals surface area contributed by atoms with E-state index in [0.717, 1.165) is 12.8 Å². The van der Waals surface area contributed by atoms with Crippen LogP contribution in [0.2, 0.25) is 0 Å². The number of hydrogen-bond acceptors (Lipinski definition) is 3. The molecule has 0 aromatic heterocycles. The predicted molar refractivity (Wildman–Crippen MR) is 65.6 cm³/mol. The van der Waals surface area contributed by atoms with Crippen molar-refractivity contribution in [2.75, 3.05) is 13.7 Å². The Morgan fingerprint density at radius 3 is 3.00 bits per heavy atom. The average molecular weight is 251 g/mol. The van der Waals surface area contributed by atoms with Crippen LogP contribution < -0.4 is 5.32 Å². The van der Waals surface area contributed by atoms with E-state index in [1.54, 1.807) is 19.2 Å². The van der Waals surface area contributed by atoms with E-state index < -0.39 is 6.10 Å². The average Bonchev–Trinajstić information content (AvgIpc) is 2.83. The summed E-state index contributed by atoms with van der Waals surface area (Å²) >= 11 is 0. The molecule has 98 valence electrons. The second-order valence-corrected chi connectivity index (χ2v) is 5.55. The largest absolute Gasteiger partial charge is 0.387 e. The minimum absolute atomic E-state index is 0.0157. The lowest BCUT2D eigenvalue weighted by Gasteiger charge is -2.36. The number of benzene rings is 1. The maximum atomic E-state index is 13.2. The number of hydrogen-bond donors (Lipinski definition) is 2. The minimum atomic E-state index is -0.646. The van der Waals surface area contributed by atoms with Gasteiger partial charge in [-0.3, -0.25) is 0 Å². The summed E-state index contributed by atoms with van der Waals surface area (Å²) in [5.74, 6) is 0.168. The highest BCUT2D eigenvalue weighted by Crippen LogP contribution is 2.50. The third kappa shape index (κ3) is 1.85. The van der Waals surface area contributed by atoms with Crippen LogP contribution in [0.4, 0.5) is 4.39 Å². The second-order valence-electron chi connectivity index (χ2n) is 5.55. The molecule has 0 unspecified atom stereocenters. The van der Waals surface area contributed by atoms with Crippen LogP contribution in [0, 0.1) is 11.7 Å². The molecule has 0 spiro atoms. The molecule has 2 atom stereocenters. The third-order valence-electron chi connectivity index (χ3n) is 4.24. The molecule has 4 rings (SSSR count). The lowest BCUT2D eigenvalue weighted by Crippen LogP contribution is -2.47. The van der Waals surface area contributed by atoms with Gasteiger partial charge in [0.05, 0.1) is 12.7 Å². The van der Waals surface area contributed by atoms with Gasteiger partial charge in [0.25, 0.3) is 0 Å². The first-order valence-electron chi connectivity index (χ1n) is 6.34. The van der Waals surface area contributed by atoms with Crippen LogP contribution in [-0.4, -0.2) is 30.4 Å². The first-order chi connectivity index (χ1) is 8.63. The van der Waals surface area contributed by atoms with Gasteiger partial charge in [0.1, 0.15) is 5.82 Å². The molecule has 3 fully saturated rings. The summed E-state index contributed by atoms with van der Waals surface area (Å²) in [6, 6.07) is 6.23. The number of halogens is 1. The van der Waals surface area contributed by atoms with Crippen LogP contribution in [0.15, 0.2) is 24.3 Å². The number of fused-ring (bicyclic) bond motifs is 1. The Kier molecular flexibility index (Phi) is 2.88. The Labute approximate surface area is 106 Å². The summed E-state index contributed by atoms with van der Waals surface area (Å²) in [7, 11) is 1.69. The van der Waals surface area contributed by atoms with Crippen molar-refractivity contribution in [3.8, 4) is 0 Å². The van der Waals surface area contributed by atoms with Gasteiger partial charge in [0.2, 0.25) is 0 Å². The maximum absolute atomic E-state index is 13.2. The Morgan fingerprint density at radius 1 is 1.56 bits per heavy atom. The van der Waals surface area contributed by atoms with Crippen molar-refractivity contribution in [2.24, 2.45) is 5.92 Å². The molecule has 2 saturated heterocycles. The second kappa shape index (κ2) is 4.30. The number of ether oxygens (including phenoxy) is 1. The molecule has 3 nitrogen and oxygen atoms in total. The van der Waals surface area contributed by atoms with Crippen molar-refractivity contribution >= 4 is 0 Å².